The van der Waals surface area contributed by atoms with Gasteiger partial charge in [-0.1, -0.05) is 15.9 Å². The number of fused-ring (bicyclic) bond motifs is 1. The Kier molecular flexibility index (Phi) is 4.66. The largest absolute Gasteiger partial charge is 0.462 e. The number of nitrogens with two attached hydrogens (primary N) is 1. The minimum absolute atomic E-state index is 0.196. The Morgan fingerprint density at radius 2 is 2.12 bits per heavy atom. The number of hydrogen-bond acceptors (Lipinski definition) is 9. The first-order chi connectivity index (χ1) is 11.7. The quantitative estimate of drug-likeness (QED) is 0.453. The molecule has 10 nitrogen and oxygen atoms in total. The van der Waals surface area contributed by atoms with Crippen LogP contribution in [0.4, 0.5) is 5.82 Å². The molecule has 1 aliphatic heterocycles. The van der Waals surface area contributed by atoms with Crippen LogP contribution >= 0.6 is 15.9 Å². The number of ether oxygens (including phenoxy) is 2. The van der Waals surface area contributed by atoms with Crippen molar-refractivity contribution in [3.8, 4) is 0 Å². The van der Waals surface area contributed by atoms with Crippen LogP contribution in [0.2, 0.25) is 0 Å². The van der Waals surface area contributed by atoms with E-state index in [1.165, 1.54) is 17.2 Å². The third-order valence-corrected chi connectivity index (χ3v) is 4.19. The maximum Gasteiger partial charge on any atom is 0.322 e. The van der Waals surface area contributed by atoms with Gasteiger partial charge in [0.25, 0.3) is 0 Å². The van der Waals surface area contributed by atoms with Gasteiger partial charge in [0.05, 0.1) is 6.33 Å². The van der Waals surface area contributed by atoms with E-state index in [4.69, 9.17) is 15.2 Å². The highest BCUT2D eigenvalue weighted by atomic mass is 79.9. The van der Waals surface area contributed by atoms with Crippen molar-refractivity contribution in [2.75, 3.05) is 12.3 Å². The highest BCUT2D eigenvalue weighted by molar-refractivity contribution is 9.10. The lowest BCUT2D eigenvalue weighted by molar-refractivity contribution is -0.151. The monoisotopic (exact) mass is 415 g/mol. The van der Waals surface area contributed by atoms with E-state index in [-0.39, 0.29) is 12.4 Å². The minimum atomic E-state index is -1.26. The molecule has 25 heavy (non-hydrogen) atoms. The molecular weight excluding hydrogens is 398 g/mol. The maximum absolute atomic E-state index is 11.8. The number of halogens is 1. The van der Waals surface area contributed by atoms with Gasteiger partial charge in [-0.3, -0.25) is 9.36 Å². The van der Waals surface area contributed by atoms with Gasteiger partial charge in [-0.25, -0.2) is 15.0 Å². The van der Waals surface area contributed by atoms with Gasteiger partial charge in [0, 0.05) is 0 Å². The predicted octanol–water partition coefficient (Wildman–Crippen LogP) is -0.256. The SMILES string of the molecule is CC(C)(Br)C(=O)OC[C@H]1O[C@@H](n2cnc3c(N)ncnc32)[C@H](O)[C@@H]1O. The molecule has 0 bridgehead atoms. The molecule has 0 aromatic carbocycles. The van der Waals surface area contributed by atoms with Crippen molar-refractivity contribution in [3.05, 3.63) is 12.7 Å². The van der Waals surface area contributed by atoms with Crippen LogP contribution in [0.15, 0.2) is 12.7 Å². The number of carbonyl (C=O) groups excluding carboxylic acids is 1. The van der Waals surface area contributed by atoms with Crippen LogP contribution in [0.3, 0.4) is 0 Å². The summed E-state index contributed by atoms with van der Waals surface area (Å²) in [7, 11) is 0. The standard InChI is InChI=1S/C14H18BrN5O5/c1-14(2,15)13(23)24-3-6-8(21)9(22)12(25-6)20-5-19-7-10(16)17-4-18-11(7)20/h4-6,8-9,12,21-22H,3H2,1-2H3,(H2,16,17,18)/t6-,8-,9-,12-/m1/s1. The highest BCUT2D eigenvalue weighted by Crippen LogP contribution is 2.32. The minimum Gasteiger partial charge on any atom is -0.462 e. The number of esters is 1. The van der Waals surface area contributed by atoms with E-state index in [0.29, 0.717) is 11.2 Å². The molecule has 2 aromatic rings. The van der Waals surface area contributed by atoms with E-state index in [0.717, 1.165) is 0 Å². The zero-order valence-corrected chi connectivity index (χ0v) is 15.1. The Hall–Kier alpha value is -1.82. The molecule has 3 rings (SSSR count). The first-order valence-corrected chi connectivity index (χ1v) is 8.30. The lowest BCUT2D eigenvalue weighted by atomic mass is 10.1. The van der Waals surface area contributed by atoms with E-state index in [1.54, 1.807) is 13.8 Å². The van der Waals surface area contributed by atoms with Crippen LogP contribution in [0.1, 0.15) is 20.1 Å². The van der Waals surface area contributed by atoms with Gasteiger partial charge in [0.2, 0.25) is 0 Å². The van der Waals surface area contributed by atoms with Crippen molar-refractivity contribution in [3.63, 3.8) is 0 Å². The average molecular weight is 416 g/mol. The summed E-state index contributed by atoms with van der Waals surface area (Å²) in [5.74, 6) is -0.309. The molecule has 0 spiro atoms. The van der Waals surface area contributed by atoms with Crippen LogP contribution in [0, 0.1) is 0 Å². The van der Waals surface area contributed by atoms with Crippen LogP contribution < -0.4 is 5.73 Å². The molecule has 0 amide bonds. The Labute approximate surface area is 151 Å². The second-order valence-electron chi connectivity index (χ2n) is 6.20. The van der Waals surface area contributed by atoms with E-state index in [9.17, 15) is 15.0 Å². The lowest BCUT2D eigenvalue weighted by Gasteiger charge is -2.19. The molecule has 0 saturated carbocycles. The molecule has 0 radical (unpaired) electrons. The van der Waals surface area contributed by atoms with E-state index < -0.39 is 34.8 Å². The maximum atomic E-state index is 11.8. The predicted molar refractivity (Wildman–Crippen MR) is 89.6 cm³/mol. The molecule has 11 heteroatoms. The third-order valence-electron chi connectivity index (χ3n) is 3.86. The number of alkyl halides is 1. The van der Waals surface area contributed by atoms with Gasteiger partial charge in [0.15, 0.2) is 17.7 Å². The van der Waals surface area contributed by atoms with Gasteiger partial charge >= 0.3 is 5.97 Å². The molecule has 1 saturated heterocycles. The summed E-state index contributed by atoms with van der Waals surface area (Å²) in [6.07, 6.45) is -1.68. The zero-order valence-electron chi connectivity index (χ0n) is 13.5. The summed E-state index contributed by atoms with van der Waals surface area (Å²) in [6.45, 7) is 3.08. The molecule has 0 aliphatic carbocycles. The first kappa shape index (κ1) is 18.0. The first-order valence-electron chi connectivity index (χ1n) is 7.51. The fraction of sp³-hybridized carbons (Fsp3) is 0.571. The number of nitrogens with zero attached hydrogens (tertiary/aromatic N) is 4. The van der Waals surface area contributed by atoms with Crippen molar-refractivity contribution in [1.82, 2.24) is 19.5 Å². The summed E-state index contributed by atoms with van der Waals surface area (Å²) >= 11 is 3.19. The van der Waals surface area contributed by atoms with Gasteiger partial charge in [-0.05, 0) is 13.8 Å². The number of aromatic nitrogens is 4. The van der Waals surface area contributed by atoms with E-state index in [2.05, 4.69) is 30.9 Å². The number of nitrogen functional groups attached to an aromatic ring is 1. The third kappa shape index (κ3) is 3.32. The van der Waals surface area contributed by atoms with E-state index >= 15 is 0 Å². The molecule has 4 atom stereocenters. The Morgan fingerprint density at radius 1 is 1.40 bits per heavy atom. The van der Waals surface area contributed by atoms with Crippen molar-refractivity contribution in [2.45, 2.75) is 42.7 Å². The molecule has 2 aromatic heterocycles. The number of rotatable bonds is 4. The molecule has 0 unspecified atom stereocenters. The van der Waals surface area contributed by atoms with Crippen molar-refractivity contribution >= 4 is 38.9 Å². The Morgan fingerprint density at radius 3 is 2.80 bits per heavy atom. The highest BCUT2D eigenvalue weighted by Gasteiger charge is 2.45. The van der Waals surface area contributed by atoms with Crippen LogP contribution in [0.25, 0.3) is 11.2 Å². The van der Waals surface area contributed by atoms with Crippen LogP contribution in [-0.2, 0) is 14.3 Å². The topological polar surface area (TPSA) is 146 Å². The summed E-state index contributed by atoms with van der Waals surface area (Å²) in [6, 6.07) is 0. The van der Waals surface area contributed by atoms with Crippen LogP contribution in [-0.4, -0.2) is 64.9 Å². The van der Waals surface area contributed by atoms with Crippen LogP contribution in [0.5, 0.6) is 0 Å². The Bertz CT molecular complexity index is 792. The summed E-state index contributed by atoms with van der Waals surface area (Å²) < 4.78 is 11.4. The van der Waals surface area contributed by atoms with Gasteiger partial charge in [-0.15, -0.1) is 0 Å². The fourth-order valence-electron chi connectivity index (χ4n) is 2.48. The lowest BCUT2D eigenvalue weighted by Crippen LogP contribution is -2.36. The number of aliphatic hydroxyl groups excluding tert-OH is 2. The van der Waals surface area contributed by atoms with E-state index in [1.807, 2.05) is 0 Å². The van der Waals surface area contributed by atoms with Gasteiger partial charge in [0.1, 0.15) is 41.1 Å². The molecule has 4 N–H and O–H groups in total. The molecule has 1 fully saturated rings. The van der Waals surface area contributed by atoms with Gasteiger partial charge < -0.3 is 25.4 Å². The Balaban J connectivity index is 1.78. The molecule has 1 aliphatic rings. The number of carbonyl (C=O) groups is 1. The summed E-state index contributed by atoms with van der Waals surface area (Å²) in [4.78, 5) is 23.8. The second kappa shape index (κ2) is 6.48. The smallest absolute Gasteiger partial charge is 0.322 e. The molecule has 3 heterocycles. The number of imidazole rings is 1. The fourth-order valence-corrected chi connectivity index (χ4v) is 2.60. The number of hydrogen-bond donors (Lipinski definition) is 3. The van der Waals surface area contributed by atoms with Crippen molar-refractivity contribution < 1.29 is 24.5 Å². The summed E-state index contributed by atoms with van der Waals surface area (Å²) in [5.41, 5.74) is 6.47. The summed E-state index contributed by atoms with van der Waals surface area (Å²) in [5, 5.41) is 20.5. The molecular formula is C14H18BrN5O5. The second-order valence-corrected chi connectivity index (χ2v) is 8.18. The zero-order chi connectivity index (χ0) is 18.4. The molecule has 136 valence electrons. The van der Waals surface area contributed by atoms with Crippen molar-refractivity contribution in [2.24, 2.45) is 0 Å². The average Bonchev–Trinajstić information content (AvgIpc) is 3.08. The number of anilines is 1. The van der Waals surface area contributed by atoms with Gasteiger partial charge in [-0.2, -0.15) is 0 Å². The van der Waals surface area contributed by atoms with Crippen molar-refractivity contribution in [1.29, 1.82) is 0 Å². The number of aliphatic hydroxyl groups is 2. The normalized spacial score (nSPS) is 26.9.